The van der Waals surface area contributed by atoms with Gasteiger partial charge < -0.3 is 5.32 Å². The van der Waals surface area contributed by atoms with Crippen LogP contribution in [0.15, 0.2) is 36.4 Å². The summed E-state index contributed by atoms with van der Waals surface area (Å²) in [6.07, 6.45) is 0.509. The van der Waals surface area contributed by atoms with Crippen molar-refractivity contribution in [3.63, 3.8) is 0 Å². The largest absolute Gasteiger partial charge is 0.313 e. The molecule has 1 N–H and O–H groups in total. The summed E-state index contributed by atoms with van der Waals surface area (Å²) in [6, 6.07) is 8.44. The molecule has 1 unspecified atom stereocenters. The second kappa shape index (κ2) is 6.53. The molecular weight excluding hydrogens is 303 g/mol. The molecule has 0 bridgehead atoms. The van der Waals surface area contributed by atoms with Crippen LogP contribution in [0.1, 0.15) is 17.2 Å². The highest BCUT2D eigenvalue weighted by molar-refractivity contribution is 6.35. The van der Waals surface area contributed by atoms with Gasteiger partial charge in [-0.2, -0.15) is 0 Å². The van der Waals surface area contributed by atoms with Gasteiger partial charge >= 0.3 is 0 Å². The third-order valence-electron chi connectivity index (χ3n) is 3.07. The number of rotatable bonds is 4. The summed E-state index contributed by atoms with van der Waals surface area (Å²) in [5.41, 5.74) is 1.40. The quantitative estimate of drug-likeness (QED) is 0.856. The van der Waals surface area contributed by atoms with Crippen LogP contribution < -0.4 is 5.32 Å². The first-order valence-electron chi connectivity index (χ1n) is 6.07. The first-order valence-corrected chi connectivity index (χ1v) is 6.82. The zero-order valence-corrected chi connectivity index (χ0v) is 12.3. The molecule has 1 atom stereocenters. The maximum absolute atomic E-state index is 13.3. The maximum atomic E-state index is 13.3. The Bertz CT molecular complexity index is 597. The Morgan fingerprint density at radius 3 is 2.25 bits per heavy atom. The van der Waals surface area contributed by atoms with E-state index in [1.807, 2.05) is 6.07 Å². The van der Waals surface area contributed by atoms with Crippen molar-refractivity contribution in [3.8, 4) is 0 Å². The molecule has 5 heteroatoms. The Kier molecular flexibility index (Phi) is 4.97. The third kappa shape index (κ3) is 3.69. The van der Waals surface area contributed by atoms with Gasteiger partial charge in [0.25, 0.3) is 0 Å². The number of hydrogen-bond donors (Lipinski definition) is 1. The molecule has 20 heavy (non-hydrogen) atoms. The molecule has 0 saturated heterocycles. The van der Waals surface area contributed by atoms with Crippen LogP contribution >= 0.6 is 23.2 Å². The molecule has 0 radical (unpaired) electrons. The molecule has 1 nitrogen and oxygen atoms in total. The van der Waals surface area contributed by atoms with Gasteiger partial charge in [0, 0.05) is 22.2 Å². The maximum Gasteiger partial charge on any atom is 0.126 e. The van der Waals surface area contributed by atoms with Crippen LogP contribution in [0, 0.1) is 11.6 Å². The molecule has 0 aromatic heterocycles. The number of nitrogens with one attached hydrogen (secondary N) is 1. The third-order valence-corrected chi connectivity index (χ3v) is 3.66. The van der Waals surface area contributed by atoms with Crippen LogP contribution in [-0.2, 0) is 6.42 Å². The van der Waals surface area contributed by atoms with Crippen LogP contribution in [0.3, 0.4) is 0 Å². The second-order valence-electron chi connectivity index (χ2n) is 4.48. The van der Waals surface area contributed by atoms with Crippen molar-refractivity contribution in [3.05, 3.63) is 69.2 Å². The number of hydrogen-bond acceptors (Lipinski definition) is 1. The van der Waals surface area contributed by atoms with Crippen molar-refractivity contribution in [2.45, 2.75) is 12.5 Å². The number of likely N-dealkylation sites (N-methyl/N-ethyl adjacent to an activating group) is 1. The van der Waals surface area contributed by atoms with E-state index in [1.165, 1.54) is 12.1 Å². The molecule has 0 aliphatic heterocycles. The highest BCUT2D eigenvalue weighted by atomic mass is 35.5. The summed E-state index contributed by atoms with van der Waals surface area (Å²) in [5, 5.41) is 4.13. The minimum absolute atomic E-state index is 0.237. The van der Waals surface area contributed by atoms with Crippen LogP contribution in [0.2, 0.25) is 10.0 Å². The zero-order valence-electron chi connectivity index (χ0n) is 10.8. The summed E-state index contributed by atoms with van der Waals surface area (Å²) >= 11 is 12.0. The highest BCUT2D eigenvalue weighted by Crippen LogP contribution is 2.26. The predicted octanol–water partition coefficient (Wildman–Crippen LogP) is 4.77. The average Bonchev–Trinajstić information content (AvgIpc) is 2.36. The van der Waals surface area contributed by atoms with Gasteiger partial charge in [0.05, 0.1) is 0 Å². The fourth-order valence-electron chi connectivity index (χ4n) is 2.07. The lowest BCUT2D eigenvalue weighted by Gasteiger charge is -2.18. The molecular formula is C15H13Cl2F2N. The van der Waals surface area contributed by atoms with Gasteiger partial charge in [-0.3, -0.25) is 0 Å². The molecule has 0 spiro atoms. The topological polar surface area (TPSA) is 12.0 Å². The molecule has 106 valence electrons. The Morgan fingerprint density at radius 1 is 1.05 bits per heavy atom. The summed E-state index contributed by atoms with van der Waals surface area (Å²) < 4.78 is 26.6. The van der Waals surface area contributed by atoms with Crippen molar-refractivity contribution in [1.29, 1.82) is 0 Å². The fourth-order valence-corrected chi connectivity index (χ4v) is 2.56. The molecule has 2 aromatic carbocycles. The van der Waals surface area contributed by atoms with Gasteiger partial charge in [0.2, 0.25) is 0 Å². The van der Waals surface area contributed by atoms with Gasteiger partial charge in [-0.25, -0.2) is 8.78 Å². The van der Waals surface area contributed by atoms with E-state index in [0.717, 1.165) is 11.6 Å². The number of halogens is 4. The lowest BCUT2D eigenvalue weighted by atomic mass is 9.98. The first kappa shape index (κ1) is 15.2. The van der Waals surface area contributed by atoms with Gasteiger partial charge in [0.1, 0.15) is 11.6 Å². The Hall–Kier alpha value is -1.16. The predicted molar refractivity (Wildman–Crippen MR) is 78.3 cm³/mol. The van der Waals surface area contributed by atoms with E-state index < -0.39 is 11.6 Å². The Morgan fingerprint density at radius 2 is 1.70 bits per heavy atom. The van der Waals surface area contributed by atoms with Crippen LogP contribution in [-0.4, -0.2) is 7.05 Å². The number of benzene rings is 2. The zero-order chi connectivity index (χ0) is 14.7. The monoisotopic (exact) mass is 315 g/mol. The van der Waals surface area contributed by atoms with Crippen LogP contribution in [0.4, 0.5) is 8.78 Å². The van der Waals surface area contributed by atoms with E-state index in [9.17, 15) is 8.78 Å². The van der Waals surface area contributed by atoms with Crippen molar-refractivity contribution < 1.29 is 8.78 Å². The van der Waals surface area contributed by atoms with Crippen molar-refractivity contribution >= 4 is 23.2 Å². The van der Waals surface area contributed by atoms with E-state index >= 15 is 0 Å². The van der Waals surface area contributed by atoms with Gasteiger partial charge in [-0.1, -0.05) is 29.3 Å². The summed E-state index contributed by atoms with van der Waals surface area (Å²) in [5.74, 6) is -1.19. The van der Waals surface area contributed by atoms with Gasteiger partial charge in [0.15, 0.2) is 0 Å². The first-order chi connectivity index (χ1) is 9.49. The van der Waals surface area contributed by atoms with E-state index in [0.29, 0.717) is 22.0 Å². The minimum Gasteiger partial charge on any atom is -0.313 e. The van der Waals surface area contributed by atoms with Gasteiger partial charge in [-0.15, -0.1) is 0 Å². The lowest BCUT2D eigenvalue weighted by molar-refractivity contribution is 0.551. The highest BCUT2D eigenvalue weighted by Gasteiger charge is 2.14. The normalized spacial score (nSPS) is 12.4. The molecule has 2 aromatic rings. The van der Waals surface area contributed by atoms with Crippen LogP contribution in [0.5, 0.6) is 0 Å². The van der Waals surface area contributed by atoms with E-state index in [1.54, 1.807) is 19.2 Å². The van der Waals surface area contributed by atoms with E-state index in [4.69, 9.17) is 23.2 Å². The molecule has 0 aliphatic rings. The second-order valence-corrected chi connectivity index (χ2v) is 5.33. The fraction of sp³-hybridized carbons (Fsp3) is 0.200. The molecule has 0 amide bonds. The Balaban J connectivity index is 2.28. The van der Waals surface area contributed by atoms with Crippen molar-refractivity contribution in [2.24, 2.45) is 0 Å². The van der Waals surface area contributed by atoms with Gasteiger partial charge in [-0.05, 0) is 48.9 Å². The Labute approximate surface area is 126 Å². The molecule has 2 rings (SSSR count). The molecule has 0 fully saturated rings. The van der Waals surface area contributed by atoms with Crippen molar-refractivity contribution in [1.82, 2.24) is 5.32 Å². The molecule has 0 aliphatic carbocycles. The van der Waals surface area contributed by atoms with E-state index in [2.05, 4.69) is 5.32 Å². The standard InChI is InChI=1S/C15H13Cl2F2N/c1-20-15(10-4-12(18)8-13(19)5-10)6-9-2-3-11(16)7-14(9)17/h2-5,7-8,15,20H,6H2,1H3. The van der Waals surface area contributed by atoms with Crippen LogP contribution in [0.25, 0.3) is 0 Å². The van der Waals surface area contributed by atoms with Crippen molar-refractivity contribution in [2.75, 3.05) is 7.05 Å². The molecule has 0 heterocycles. The summed E-state index contributed by atoms with van der Waals surface area (Å²) in [6.45, 7) is 0. The smallest absolute Gasteiger partial charge is 0.126 e. The summed E-state index contributed by atoms with van der Waals surface area (Å²) in [4.78, 5) is 0. The van der Waals surface area contributed by atoms with E-state index in [-0.39, 0.29) is 6.04 Å². The minimum atomic E-state index is -0.595. The molecule has 0 saturated carbocycles. The SMILES string of the molecule is CNC(Cc1ccc(Cl)cc1Cl)c1cc(F)cc(F)c1. The summed E-state index contributed by atoms with van der Waals surface area (Å²) in [7, 11) is 1.73. The lowest BCUT2D eigenvalue weighted by Crippen LogP contribution is -2.19. The average molecular weight is 316 g/mol.